The summed E-state index contributed by atoms with van der Waals surface area (Å²) >= 11 is 0. The highest BCUT2D eigenvalue weighted by Crippen LogP contribution is 2.21. The van der Waals surface area contributed by atoms with Gasteiger partial charge < -0.3 is 5.32 Å². The predicted octanol–water partition coefficient (Wildman–Crippen LogP) is 0.685. The SMILES string of the molecule is CS(=O)(=O)CCC1NC(=O)N(c2ccc(F)cc2)C1=O. The van der Waals surface area contributed by atoms with Crippen LogP contribution in [0, 0.1) is 5.82 Å². The Labute approximate surface area is 115 Å². The Morgan fingerprint density at radius 2 is 1.85 bits per heavy atom. The second-order valence-corrected chi connectivity index (χ2v) is 6.83. The zero-order valence-electron chi connectivity index (χ0n) is 10.7. The first-order valence-corrected chi connectivity index (χ1v) is 7.92. The van der Waals surface area contributed by atoms with Crippen molar-refractivity contribution in [3.8, 4) is 0 Å². The van der Waals surface area contributed by atoms with E-state index >= 15 is 0 Å². The summed E-state index contributed by atoms with van der Waals surface area (Å²) in [6.07, 6.45) is 1.08. The van der Waals surface area contributed by atoms with Gasteiger partial charge in [0.25, 0.3) is 5.91 Å². The van der Waals surface area contributed by atoms with Crippen LogP contribution < -0.4 is 10.2 Å². The highest BCUT2D eigenvalue weighted by atomic mass is 32.2. The summed E-state index contributed by atoms with van der Waals surface area (Å²) in [4.78, 5) is 24.7. The molecule has 1 heterocycles. The number of nitrogens with zero attached hydrogens (tertiary/aromatic N) is 1. The molecular weight excluding hydrogens is 287 g/mol. The largest absolute Gasteiger partial charge is 0.329 e. The topological polar surface area (TPSA) is 83.6 Å². The molecule has 2 rings (SSSR count). The Morgan fingerprint density at radius 3 is 2.40 bits per heavy atom. The van der Waals surface area contributed by atoms with Gasteiger partial charge in [-0.15, -0.1) is 0 Å². The maximum atomic E-state index is 12.8. The van der Waals surface area contributed by atoms with Crippen LogP contribution in [0.1, 0.15) is 6.42 Å². The third kappa shape index (κ3) is 3.13. The average molecular weight is 300 g/mol. The van der Waals surface area contributed by atoms with E-state index in [4.69, 9.17) is 0 Å². The Bertz CT molecular complexity index is 642. The fraction of sp³-hybridized carbons (Fsp3) is 0.333. The molecule has 1 aliphatic rings. The number of anilines is 1. The number of hydrogen-bond acceptors (Lipinski definition) is 4. The van der Waals surface area contributed by atoms with Gasteiger partial charge in [0, 0.05) is 6.26 Å². The lowest BCUT2D eigenvalue weighted by Crippen LogP contribution is -2.32. The molecule has 3 amide bonds. The van der Waals surface area contributed by atoms with E-state index in [1.807, 2.05) is 0 Å². The molecule has 0 radical (unpaired) electrons. The molecule has 1 aliphatic heterocycles. The maximum absolute atomic E-state index is 12.8. The molecule has 1 unspecified atom stereocenters. The van der Waals surface area contributed by atoms with Crippen LogP contribution in [0.3, 0.4) is 0 Å². The minimum absolute atomic E-state index is 0.0150. The molecule has 108 valence electrons. The molecule has 1 atom stereocenters. The van der Waals surface area contributed by atoms with Crippen molar-refractivity contribution in [3.05, 3.63) is 30.1 Å². The molecular formula is C12H13FN2O4S. The fourth-order valence-corrected chi connectivity index (χ4v) is 2.56. The lowest BCUT2D eigenvalue weighted by Gasteiger charge is -2.12. The number of amides is 3. The van der Waals surface area contributed by atoms with E-state index in [1.165, 1.54) is 12.1 Å². The first-order valence-electron chi connectivity index (χ1n) is 5.86. The molecule has 0 spiro atoms. The van der Waals surface area contributed by atoms with Gasteiger partial charge in [0.05, 0.1) is 11.4 Å². The fourth-order valence-electron chi connectivity index (χ4n) is 1.89. The smallest absolute Gasteiger partial charge is 0.325 e. The zero-order valence-corrected chi connectivity index (χ0v) is 11.5. The summed E-state index contributed by atoms with van der Waals surface area (Å²) in [6, 6.07) is 3.39. The van der Waals surface area contributed by atoms with Crippen molar-refractivity contribution in [2.75, 3.05) is 16.9 Å². The summed E-state index contributed by atoms with van der Waals surface area (Å²) < 4.78 is 35.0. The number of halogens is 1. The molecule has 20 heavy (non-hydrogen) atoms. The van der Waals surface area contributed by atoms with E-state index in [0.717, 1.165) is 23.3 Å². The van der Waals surface area contributed by atoms with Crippen molar-refractivity contribution in [1.82, 2.24) is 5.32 Å². The number of nitrogens with one attached hydrogen (secondary N) is 1. The van der Waals surface area contributed by atoms with Gasteiger partial charge in [-0.1, -0.05) is 0 Å². The standard InChI is InChI=1S/C12H13FN2O4S/c1-20(18,19)7-6-10-11(16)15(12(17)14-10)9-4-2-8(13)3-5-9/h2-5,10H,6-7H2,1H3,(H,14,17). The molecule has 8 heteroatoms. The van der Waals surface area contributed by atoms with Crippen LogP contribution in [-0.4, -0.2) is 38.4 Å². The van der Waals surface area contributed by atoms with Crippen LogP contribution >= 0.6 is 0 Å². The van der Waals surface area contributed by atoms with E-state index in [-0.39, 0.29) is 17.9 Å². The number of sulfone groups is 1. The van der Waals surface area contributed by atoms with Crippen molar-refractivity contribution in [2.45, 2.75) is 12.5 Å². The molecule has 0 aromatic heterocycles. The number of urea groups is 1. The Morgan fingerprint density at radius 1 is 1.25 bits per heavy atom. The van der Waals surface area contributed by atoms with Crippen LogP contribution in [0.5, 0.6) is 0 Å². The zero-order chi connectivity index (χ0) is 14.9. The molecule has 0 bridgehead atoms. The Balaban J connectivity index is 2.15. The lowest BCUT2D eigenvalue weighted by atomic mass is 10.2. The third-order valence-electron chi connectivity index (χ3n) is 2.88. The summed E-state index contributed by atoms with van der Waals surface area (Å²) in [5, 5.41) is 2.42. The van der Waals surface area contributed by atoms with E-state index < -0.39 is 33.6 Å². The number of carbonyl (C=O) groups excluding carboxylic acids is 2. The lowest BCUT2D eigenvalue weighted by molar-refractivity contribution is -0.118. The molecule has 1 N–H and O–H groups in total. The number of carbonyl (C=O) groups is 2. The van der Waals surface area contributed by atoms with Crippen molar-refractivity contribution in [2.24, 2.45) is 0 Å². The van der Waals surface area contributed by atoms with Crippen molar-refractivity contribution in [1.29, 1.82) is 0 Å². The van der Waals surface area contributed by atoms with Gasteiger partial charge in [-0.2, -0.15) is 0 Å². The monoisotopic (exact) mass is 300 g/mol. The highest BCUT2D eigenvalue weighted by Gasteiger charge is 2.39. The molecule has 1 aromatic rings. The van der Waals surface area contributed by atoms with Crippen LogP contribution in [0.4, 0.5) is 14.9 Å². The van der Waals surface area contributed by atoms with E-state index in [2.05, 4.69) is 5.32 Å². The first kappa shape index (κ1) is 14.4. The van der Waals surface area contributed by atoms with Gasteiger partial charge in [-0.3, -0.25) is 4.79 Å². The first-order chi connectivity index (χ1) is 9.28. The highest BCUT2D eigenvalue weighted by molar-refractivity contribution is 7.90. The molecule has 6 nitrogen and oxygen atoms in total. The molecule has 1 saturated heterocycles. The summed E-state index contributed by atoms with van der Waals surface area (Å²) in [5.41, 5.74) is 0.246. The normalized spacial score (nSPS) is 19.3. The van der Waals surface area contributed by atoms with Gasteiger partial charge in [0.2, 0.25) is 0 Å². The van der Waals surface area contributed by atoms with Crippen molar-refractivity contribution >= 4 is 27.5 Å². The van der Waals surface area contributed by atoms with Crippen LogP contribution in [0.15, 0.2) is 24.3 Å². The Kier molecular flexibility index (Phi) is 3.76. The number of benzene rings is 1. The van der Waals surface area contributed by atoms with Gasteiger partial charge in [-0.05, 0) is 30.7 Å². The average Bonchev–Trinajstić information content (AvgIpc) is 2.63. The second kappa shape index (κ2) is 5.20. The number of imide groups is 1. The quantitative estimate of drug-likeness (QED) is 0.829. The van der Waals surface area contributed by atoms with Gasteiger partial charge in [0.15, 0.2) is 0 Å². The summed E-state index contributed by atoms with van der Waals surface area (Å²) in [5.74, 6) is -1.21. The maximum Gasteiger partial charge on any atom is 0.329 e. The van der Waals surface area contributed by atoms with Crippen LogP contribution in [-0.2, 0) is 14.6 Å². The minimum Gasteiger partial charge on any atom is -0.325 e. The van der Waals surface area contributed by atoms with Crippen molar-refractivity contribution < 1.29 is 22.4 Å². The summed E-state index contributed by atoms with van der Waals surface area (Å²) in [7, 11) is -3.21. The van der Waals surface area contributed by atoms with Crippen LogP contribution in [0.25, 0.3) is 0 Å². The molecule has 0 aliphatic carbocycles. The van der Waals surface area contributed by atoms with Crippen molar-refractivity contribution in [3.63, 3.8) is 0 Å². The predicted molar refractivity (Wildman–Crippen MR) is 70.5 cm³/mol. The van der Waals surface area contributed by atoms with Gasteiger partial charge >= 0.3 is 6.03 Å². The van der Waals surface area contributed by atoms with E-state index in [1.54, 1.807) is 0 Å². The van der Waals surface area contributed by atoms with Gasteiger partial charge in [0.1, 0.15) is 21.7 Å². The molecule has 1 aromatic carbocycles. The number of rotatable bonds is 4. The van der Waals surface area contributed by atoms with Gasteiger partial charge in [-0.25, -0.2) is 22.5 Å². The van der Waals surface area contributed by atoms with E-state index in [0.29, 0.717) is 0 Å². The van der Waals surface area contributed by atoms with Crippen LogP contribution in [0.2, 0.25) is 0 Å². The molecule has 1 fully saturated rings. The summed E-state index contributed by atoms with van der Waals surface area (Å²) in [6.45, 7) is 0. The second-order valence-electron chi connectivity index (χ2n) is 4.57. The number of hydrogen-bond donors (Lipinski definition) is 1. The molecule has 0 saturated carbocycles. The van der Waals surface area contributed by atoms with E-state index in [9.17, 15) is 22.4 Å². The third-order valence-corrected chi connectivity index (χ3v) is 3.86. The Hall–Kier alpha value is -1.96. The minimum atomic E-state index is -3.21.